The van der Waals surface area contributed by atoms with Crippen LogP contribution in [0.15, 0.2) is 30.5 Å². The molecule has 2 aliphatic rings. The van der Waals surface area contributed by atoms with E-state index in [9.17, 15) is 9.59 Å². The first-order chi connectivity index (χ1) is 13.5. The maximum atomic E-state index is 12.5. The molecule has 4 rings (SSSR count). The molecule has 0 aliphatic carbocycles. The summed E-state index contributed by atoms with van der Waals surface area (Å²) in [6.07, 6.45) is 3.45. The number of amides is 1. The molecular weight excluding hydrogens is 382 g/mol. The van der Waals surface area contributed by atoms with Crippen molar-refractivity contribution < 1.29 is 19.4 Å². The highest BCUT2D eigenvalue weighted by Crippen LogP contribution is 2.33. The Morgan fingerprint density at radius 1 is 1.29 bits per heavy atom. The molecule has 28 heavy (non-hydrogen) atoms. The Hall–Kier alpha value is -2.64. The van der Waals surface area contributed by atoms with Crippen molar-refractivity contribution in [2.24, 2.45) is 0 Å². The molecule has 1 amide bonds. The van der Waals surface area contributed by atoms with Crippen molar-refractivity contribution in [3.05, 3.63) is 46.6 Å². The van der Waals surface area contributed by atoms with E-state index < -0.39 is 5.97 Å². The lowest BCUT2D eigenvalue weighted by molar-refractivity contribution is -0.137. The van der Waals surface area contributed by atoms with Gasteiger partial charge < -0.3 is 20.1 Å². The zero-order chi connectivity index (χ0) is 19.7. The number of anilines is 1. The third-order valence-corrected chi connectivity index (χ3v) is 5.36. The number of carbonyl (C=O) groups is 2. The van der Waals surface area contributed by atoms with Gasteiger partial charge in [0, 0.05) is 43.1 Å². The molecule has 8 heteroatoms. The lowest BCUT2D eigenvalue weighted by Gasteiger charge is -2.23. The number of nitrogens with one attached hydrogen (secondary N) is 1. The van der Waals surface area contributed by atoms with Crippen LogP contribution in [-0.4, -0.2) is 52.7 Å². The average molecular weight is 402 g/mol. The fourth-order valence-electron chi connectivity index (χ4n) is 3.61. The van der Waals surface area contributed by atoms with Gasteiger partial charge in [0.05, 0.1) is 5.02 Å². The van der Waals surface area contributed by atoms with Gasteiger partial charge in [-0.1, -0.05) is 23.7 Å². The Balaban J connectivity index is 1.60. The predicted molar refractivity (Wildman–Crippen MR) is 105 cm³/mol. The summed E-state index contributed by atoms with van der Waals surface area (Å²) < 4.78 is 5.38. The second-order valence-corrected chi connectivity index (χ2v) is 7.41. The summed E-state index contributed by atoms with van der Waals surface area (Å²) in [5.74, 6) is -0.571. The first kappa shape index (κ1) is 18.7. The zero-order valence-electron chi connectivity index (χ0n) is 15.2. The van der Waals surface area contributed by atoms with Crippen LogP contribution in [0.5, 0.6) is 0 Å². The molecule has 0 saturated carbocycles. The van der Waals surface area contributed by atoms with Crippen molar-refractivity contribution in [2.75, 3.05) is 25.1 Å². The highest BCUT2D eigenvalue weighted by Gasteiger charge is 2.29. The number of pyridine rings is 1. The molecule has 1 aromatic heterocycles. The van der Waals surface area contributed by atoms with Crippen LogP contribution in [0.2, 0.25) is 5.02 Å². The molecule has 3 heterocycles. The van der Waals surface area contributed by atoms with Gasteiger partial charge in [-0.3, -0.25) is 9.59 Å². The van der Waals surface area contributed by atoms with E-state index in [1.165, 1.54) is 4.90 Å². The lowest BCUT2D eigenvalue weighted by atomic mass is 10.0. The van der Waals surface area contributed by atoms with E-state index in [1.54, 1.807) is 12.3 Å². The number of aromatic nitrogens is 1. The van der Waals surface area contributed by atoms with Crippen LogP contribution in [0.4, 0.5) is 5.82 Å². The minimum Gasteiger partial charge on any atom is -0.480 e. The van der Waals surface area contributed by atoms with E-state index in [-0.39, 0.29) is 12.5 Å². The number of aliphatic carboxylic acids is 1. The van der Waals surface area contributed by atoms with Gasteiger partial charge in [0.15, 0.2) is 0 Å². The molecule has 2 aromatic rings. The first-order valence-corrected chi connectivity index (χ1v) is 9.53. The second-order valence-electron chi connectivity index (χ2n) is 7.01. The SMILES string of the molecule is O=C(O)CN1Cc2ccc(-c3cc(NC4CCOCC4)ncc3Cl)cc2C1=O. The van der Waals surface area contributed by atoms with Gasteiger partial charge in [0.1, 0.15) is 12.4 Å². The van der Waals surface area contributed by atoms with Crippen molar-refractivity contribution >= 4 is 29.3 Å². The summed E-state index contributed by atoms with van der Waals surface area (Å²) in [5.41, 5.74) is 2.91. The highest BCUT2D eigenvalue weighted by molar-refractivity contribution is 6.33. The van der Waals surface area contributed by atoms with Crippen LogP contribution in [0.25, 0.3) is 11.1 Å². The third kappa shape index (κ3) is 3.81. The van der Waals surface area contributed by atoms with E-state index in [4.69, 9.17) is 21.4 Å². The molecule has 2 aliphatic heterocycles. The second kappa shape index (κ2) is 7.77. The number of carboxylic acids is 1. The normalized spacial score (nSPS) is 16.9. The molecule has 0 radical (unpaired) electrons. The van der Waals surface area contributed by atoms with Crippen LogP contribution in [0.1, 0.15) is 28.8 Å². The third-order valence-electron chi connectivity index (χ3n) is 5.05. The Morgan fingerprint density at radius 2 is 2.07 bits per heavy atom. The summed E-state index contributed by atoms with van der Waals surface area (Å²) in [4.78, 5) is 29.2. The maximum absolute atomic E-state index is 12.5. The maximum Gasteiger partial charge on any atom is 0.323 e. The van der Waals surface area contributed by atoms with Gasteiger partial charge >= 0.3 is 5.97 Å². The molecule has 146 valence electrons. The minimum atomic E-state index is -1.03. The molecule has 7 nitrogen and oxygen atoms in total. The Kier molecular flexibility index (Phi) is 5.19. The summed E-state index contributed by atoms with van der Waals surface area (Å²) in [7, 11) is 0. The van der Waals surface area contributed by atoms with E-state index in [0.717, 1.165) is 48.6 Å². The van der Waals surface area contributed by atoms with Crippen LogP contribution >= 0.6 is 11.6 Å². The summed E-state index contributed by atoms with van der Waals surface area (Å²) in [5, 5.41) is 12.9. The number of rotatable bonds is 5. The molecule has 0 atom stereocenters. The highest BCUT2D eigenvalue weighted by atomic mass is 35.5. The molecule has 0 unspecified atom stereocenters. The van der Waals surface area contributed by atoms with Crippen LogP contribution < -0.4 is 5.32 Å². The summed E-state index contributed by atoms with van der Waals surface area (Å²) in [6.45, 7) is 1.47. The molecule has 0 bridgehead atoms. The van der Waals surface area contributed by atoms with Gasteiger partial charge in [-0.05, 0) is 36.1 Å². The average Bonchev–Trinajstić information content (AvgIpc) is 2.99. The number of fused-ring (bicyclic) bond motifs is 1. The van der Waals surface area contributed by atoms with Gasteiger partial charge in [0.25, 0.3) is 5.91 Å². The lowest BCUT2D eigenvalue weighted by Crippen LogP contribution is -2.29. The fourth-order valence-corrected chi connectivity index (χ4v) is 3.82. The van der Waals surface area contributed by atoms with E-state index >= 15 is 0 Å². The van der Waals surface area contributed by atoms with Gasteiger partial charge in [0.2, 0.25) is 0 Å². The Labute approximate surface area is 167 Å². The summed E-state index contributed by atoms with van der Waals surface area (Å²) in [6, 6.07) is 7.72. The molecule has 1 saturated heterocycles. The molecule has 1 aromatic carbocycles. The smallest absolute Gasteiger partial charge is 0.323 e. The van der Waals surface area contributed by atoms with Crippen LogP contribution in [0.3, 0.4) is 0 Å². The standard InChI is InChI=1S/C20H20ClN3O4/c21-17-9-22-18(23-14-3-5-28-6-4-14)8-15(17)12-1-2-13-10-24(11-19(25)26)20(27)16(13)7-12/h1-2,7-9,14H,3-6,10-11H2,(H,22,23)(H,25,26). The molecule has 2 N–H and O–H groups in total. The number of hydrogen-bond donors (Lipinski definition) is 2. The fraction of sp³-hybridized carbons (Fsp3) is 0.350. The van der Waals surface area contributed by atoms with Crippen molar-refractivity contribution in [1.82, 2.24) is 9.88 Å². The topological polar surface area (TPSA) is 91.8 Å². The number of nitrogens with zero attached hydrogens (tertiary/aromatic N) is 2. The van der Waals surface area contributed by atoms with E-state index in [1.807, 2.05) is 18.2 Å². The minimum absolute atomic E-state index is 0.273. The Bertz CT molecular complexity index is 928. The largest absolute Gasteiger partial charge is 0.480 e. The molecule has 1 fully saturated rings. The van der Waals surface area contributed by atoms with Crippen LogP contribution in [0, 0.1) is 0 Å². The van der Waals surface area contributed by atoms with E-state index in [0.29, 0.717) is 23.2 Å². The molecule has 0 spiro atoms. The van der Waals surface area contributed by atoms with Crippen LogP contribution in [-0.2, 0) is 16.1 Å². The van der Waals surface area contributed by atoms with Crippen molar-refractivity contribution in [2.45, 2.75) is 25.4 Å². The Morgan fingerprint density at radius 3 is 2.82 bits per heavy atom. The zero-order valence-corrected chi connectivity index (χ0v) is 15.9. The monoisotopic (exact) mass is 401 g/mol. The number of halogens is 1. The van der Waals surface area contributed by atoms with Crippen molar-refractivity contribution in [3.63, 3.8) is 0 Å². The number of carbonyl (C=O) groups excluding carboxylic acids is 1. The van der Waals surface area contributed by atoms with E-state index in [2.05, 4.69) is 10.3 Å². The van der Waals surface area contributed by atoms with Gasteiger partial charge in [-0.15, -0.1) is 0 Å². The number of ether oxygens (including phenoxy) is 1. The van der Waals surface area contributed by atoms with Crippen molar-refractivity contribution in [3.8, 4) is 11.1 Å². The van der Waals surface area contributed by atoms with Gasteiger partial charge in [-0.2, -0.15) is 0 Å². The predicted octanol–water partition coefficient (Wildman–Crippen LogP) is 3.03. The quantitative estimate of drug-likeness (QED) is 0.800. The first-order valence-electron chi connectivity index (χ1n) is 9.15. The van der Waals surface area contributed by atoms with Gasteiger partial charge in [-0.25, -0.2) is 4.98 Å². The number of hydrogen-bond acceptors (Lipinski definition) is 5. The molecular formula is C20H20ClN3O4. The number of benzene rings is 1. The van der Waals surface area contributed by atoms with Crippen molar-refractivity contribution in [1.29, 1.82) is 0 Å². The number of carboxylic acid groups (broad SMARTS) is 1. The summed E-state index contributed by atoms with van der Waals surface area (Å²) >= 11 is 6.38.